The summed E-state index contributed by atoms with van der Waals surface area (Å²) in [6.45, 7) is 2.83. The first-order chi connectivity index (χ1) is 7.75. The Balaban J connectivity index is 1.95. The summed E-state index contributed by atoms with van der Waals surface area (Å²) >= 11 is 1.64. The first-order valence-corrected chi connectivity index (χ1v) is 6.04. The molecule has 2 N–H and O–H groups in total. The summed E-state index contributed by atoms with van der Waals surface area (Å²) in [5.41, 5.74) is 1.08. The predicted octanol–water partition coefficient (Wildman–Crippen LogP) is 2.70. The number of thiazole rings is 1. The van der Waals surface area contributed by atoms with Gasteiger partial charge in [-0.25, -0.2) is 4.98 Å². The Hall–Kier alpha value is -1.39. The van der Waals surface area contributed by atoms with Crippen molar-refractivity contribution in [1.29, 1.82) is 0 Å². The second-order valence-electron chi connectivity index (χ2n) is 3.62. The lowest BCUT2D eigenvalue weighted by molar-refractivity contribution is 0.472. The first-order valence-electron chi connectivity index (χ1n) is 5.16. The molecule has 0 saturated carbocycles. The molecule has 4 heteroatoms. The molecule has 16 heavy (non-hydrogen) atoms. The fraction of sp³-hybridized carbons (Fsp3) is 0.250. The molecular weight excluding hydrogens is 220 g/mol. The van der Waals surface area contributed by atoms with Crippen LogP contribution in [-0.2, 0) is 6.54 Å². The van der Waals surface area contributed by atoms with Gasteiger partial charge in [0.2, 0.25) is 0 Å². The average molecular weight is 234 g/mol. The quantitative estimate of drug-likeness (QED) is 0.855. The summed E-state index contributed by atoms with van der Waals surface area (Å²) in [6, 6.07) is 7.51. The Morgan fingerprint density at radius 2 is 2.38 bits per heavy atom. The minimum Gasteiger partial charge on any atom is -0.508 e. The number of benzene rings is 1. The van der Waals surface area contributed by atoms with Crippen LogP contribution in [0.1, 0.15) is 23.5 Å². The van der Waals surface area contributed by atoms with Gasteiger partial charge in [0, 0.05) is 24.2 Å². The van der Waals surface area contributed by atoms with Crippen LogP contribution in [0.25, 0.3) is 0 Å². The molecule has 1 aromatic carbocycles. The molecule has 0 aliphatic rings. The van der Waals surface area contributed by atoms with Crippen LogP contribution in [0.4, 0.5) is 0 Å². The maximum atomic E-state index is 9.38. The molecule has 1 atom stereocenters. The van der Waals surface area contributed by atoms with E-state index in [1.54, 1.807) is 29.7 Å². The lowest BCUT2D eigenvalue weighted by Crippen LogP contribution is -2.17. The second-order valence-corrected chi connectivity index (χ2v) is 4.60. The number of nitrogens with one attached hydrogen (secondary N) is 1. The molecule has 0 aliphatic carbocycles. The van der Waals surface area contributed by atoms with E-state index in [0.29, 0.717) is 5.75 Å². The maximum absolute atomic E-state index is 9.38. The van der Waals surface area contributed by atoms with Gasteiger partial charge >= 0.3 is 0 Å². The van der Waals surface area contributed by atoms with E-state index in [2.05, 4.69) is 17.2 Å². The van der Waals surface area contributed by atoms with Gasteiger partial charge in [0.05, 0.1) is 0 Å². The van der Waals surface area contributed by atoms with Gasteiger partial charge < -0.3 is 10.4 Å². The van der Waals surface area contributed by atoms with Crippen LogP contribution in [0.3, 0.4) is 0 Å². The normalized spacial score (nSPS) is 12.6. The van der Waals surface area contributed by atoms with Crippen molar-refractivity contribution in [3.63, 3.8) is 0 Å². The number of aromatic nitrogens is 1. The van der Waals surface area contributed by atoms with Gasteiger partial charge in [-0.2, -0.15) is 0 Å². The van der Waals surface area contributed by atoms with Gasteiger partial charge in [-0.3, -0.25) is 0 Å². The summed E-state index contributed by atoms with van der Waals surface area (Å²) in [6.07, 6.45) is 1.81. The number of rotatable bonds is 4. The standard InChI is InChI=1S/C12H14N2OS/c1-9(10-3-2-4-11(15)7-10)14-8-12-13-5-6-16-12/h2-7,9,14-15H,8H2,1H3. The maximum Gasteiger partial charge on any atom is 0.115 e. The van der Waals surface area contributed by atoms with Crippen molar-refractivity contribution < 1.29 is 5.11 Å². The smallest absolute Gasteiger partial charge is 0.115 e. The number of nitrogens with zero attached hydrogens (tertiary/aromatic N) is 1. The third-order valence-corrected chi connectivity index (χ3v) is 3.19. The second kappa shape index (κ2) is 5.09. The summed E-state index contributed by atoms with van der Waals surface area (Å²) in [4.78, 5) is 4.21. The van der Waals surface area contributed by atoms with E-state index < -0.39 is 0 Å². The molecule has 0 spiro atoms. The number of hydrogen-bond donors (Lipinski definition) is 2. The van der Waals surface area contributed by atoms with E-state index in [4.69, 9.17) is 0 Å². The largest absolute Gasteiger partial charge is 0.508 e. The Morgan fingerprint density at radius 3 is 3.06 bits per heavy atom. The van der Waals surface area contributed by atoms with Crippen molar-refractivity contribution in [1.82, 2.24) is 10.3 Å². The molecule has 0 radical (unpaired) electrons. The van der Waals surface area contributed by atoms with E-state index >= 15 is 0 Å². The van der Waals surface area contributed by atoms with Gasteiger partial charge in [0.15, 0.2) is 0 Å². The summed E-state index contributed by atoms with van der Waals surface area (Å²) in [5.74, 6) is 0.306. The number of phenols is 1. The highest BCUT2D eigenvalue weighted by Gasteiger charge is 2.05. The third kappa shape index (κ3) is 2.81. The molecule has 0 bridgehead atoms. The average Bonchev–Trinajstić information content (AvgIpc) is 2.78. The molecule has 3 nitrogen and oxygen atoms in total. The zero-order valence-electron chi connectivity index (χ0n) is 9.05. The monoisotopic (exact) mass is 234 g/mol. The van der Waals surface area contributed by atoms with Crippen LogP contribution >= 0.6 is 11.3 Å². The molecule has 0 amide bonds. The Bertz CT molecular complexity index is 442. The zero-order valence-corrected chi connectivity index (χ0v) is 9.87. The summed E-state index contributed by atoms with van der Waals surface area (Å²) in [5, 5.41) is 15.8. The highest BCUT2D eigenvalue weighted by molar-refractivity contribution is 7.09. The van der Waals surface area contributed by atoms with Crippen molar-refractivity contribution in [2.75, 3.05) is 0 Å². The molecular formula is C12H14N2OS. The van der Waals surface area contributed by atoms with Gasteiger partial charge in [-0.15, -0.1) is 11.3 Å². The Kier molecular flexibility index (Phi) is 3.54. The zero-order chi connectivity index (χ0) is 11.4. The molecule has 0 saturated heterocycles. The topological polar surface area (TPSA) is 45.2 Å². The lowest BCUT2D eigenvalue weighted by atomic mass is 10.1. The first kappa shape index (κ1) is 11.1. The van der Waals surface area contributed by atoms with Crippen LogP contribution in [-0.4, -0.2) is 10.1 Å². The van der Waals surface area contributed by atoms with E-state index in [-0.39, 0.29) is 6.04 Å². The lowest BCUT2D eigenvalue weighted by Gasteiger charge is -2.13. The van der Waals surface area contributed by atoms with Crippen LogP contribution in [0.15, 0.2) is 35.8 Å². The molecule has 84 valence electrons. The van der Waals surface area contributed by atoms with Crippen molar-refractivity contribution >= 4 is 11.3 Å². The molecule has 0 fully saturated rings. The summed E-state index contributed by atoms with van der Waals surface area (Å²) < 4.78 is 0. The van der Waals surface area contributed by atoms with Crippen molar-refractivity contribution in [3.05, 3.63) is 46.4 Å². The Morgan fingerprint density at radius 1 is 1.50 bits per heavy atom. The fourth-order valence-corrected chi connectivity index (χ4v) is 2.06. The minimum atomic E-state index is 0.205. The Labute approximate surface area is 98.8 Å². The van der Waals surface area contributed by atoms with Crippen molar-refractivity contribution in [2.45, 2.75) is 19.5 Å². The molecule has 1 unspecified atom stereocenters. The highest BCUT2D eigenvalue weighted by atomic mass is 32.1. The van der Waals surface area contributed by atoms with Crippen LogP contribution in [0.5, 0.6) is 5.75 Å². The van der Waals surface area contributed by atoms with Crippen LogP contribution in [0, 0.1) is 0 Å². The van der Waals surface area contributed by atoms with Crippen LogP contribution in [0.2, 0.25) is 0 Å². The van der Waals surface area contributed by atoms with Gasteiger partial charge in [-0.05, 0) is 24.6 Å². The van der Waals surface area contributed by atoms with E-state index in [1.165, 1.54) is 0 Å². The van der Waals surface area contributed by atoms with Crippen molar-refractivity contribution in [3.8, 4) is 5.75 Å². The van der Waals surface area contributed by atoms with Crippen LogP contribution < -0.4 is 5.32 Å². The van der Waals surface area contributed by atoms with Gasteiger partial charge in [-0.1, -0.05) is 12.1 Å². The van der Waals surface area contributed by atoms with E-state index in [9.17, 15) is 5.11 Å². The highest BCUT2D eigenvalue weighted by Crippen LogP contribution is 2.18. The fourth-order valence-electron chi connectivity index (χ4n) is 1.49. The van der Waals surface area contributed by atoms with Gasteiger partial charge in [0.1, 0.15) is 10.8 Å². The molecule has 1 aromatic heterocycles. The van der Waals surface area contributed by atoms with Crippen molar-refractivity contribution in [2.24, 2.45) is 0 Å². The third-order valence-electron chi connectivity index (χ3n) is 2.41. The minimum absolute atomic E-state index is 0.205. The summed E-state index contributed by atoms with van der Waals surface area (Å²) in [7, 11) is 0. The molecule has 1 heterocycles. The molecule has 2 rings (SSSR count). The number of phenolic OH excluding ortho intramolecular Hbond substituents is 1. The van der Waals surface area contributed by atoms with E-state index in [1.807, 2.05) is 17.5 Å². The SMILES string of the molecule is CC(NCc1nccs1)c1cccc(O)c1. The number of hydrogen-bond acceptors (Lipinski definition) is 4. The predicted molar refractivity (Wildman–Crippen MR) is 65.5 cm³/mol. The molecule has 2 aromatic rings. The van der Waals surface area contributed by atoms with E-state index in [0.717, 1.165) is 17.1 Å². The number of aromatic hydroxyl groups is 1. The van der Waals surface area contributed by atoms with Gasteiger partial charge in [0.25, 0.3) is 0 Å². The molecule has 0 aliphatic heterocycles.